The molecule has 1 heterocycles. The molecule has 1 N–H and O–H groups in total. The molecular formula is C14H22N2O2. The minimum atomic E-state index is -0.426. The number of carbonyl (C=O) groups is 1. The molecule has 1 aromatic heterocycles. The summed E-state index contributed by atoms with van der Waals surface area (Å²) in [6, 6.07) is 5.82. The topological polar surface area (TPSA) is 53.4 Å². The van der Waals surface area contributed by atoms with E-state index in [1.54, 1.807) is 11.8 Å². The minimum absolute atomic E-state index is 0.0710. The molecular weight excluding hydrogens is 228 g/mol. The van der Waals surface area contributed by atoms with Crippen molar-refractivity contribution in [1.29, 1.82) is 0 Å². The van der Waals surface area contributed by atoms with Gasteiger partial charge in [0.25, 0.3) is 0 Å². The maximum atomic E-state index is 12.0. The van der Waals surface area contributed by atoms with Gasteiger partial charge in [0.15, 0.2) is 0 Å². The second kappa shape index (κ2) is 7.11. The predicted octanol–water partition coefficient (Wildman–Crippen LogP) is 1.90. The van der Waals surface area contributed by atoms with E-state index in [1.165, 1.54) is 0 Å². The molecule has 0 aliphatic heterocycles. The zero-order valence-corrected chi connectivity index (χ0v) is 11.4. The van der Waals surface area contributed by atoms with Crippen molar-refractivity contribution in [1.82, 2.24) is 9.88 Å². The summed E-state index contributed by atoms with van der Waals surface area (Å²) < 4.78 is 0. The van der Waals surface area contributed by atoms with E-state index < -0.39 is 6.10 Å². The molecule has 0 bridgehead atoms. The molecule has 0 fully saturated rings. The van der Waals surface area contributed by atoms with Gasteiger partial charge in [-0.3, -0.25) is 9.78 Å². The molecule has 0 saturated carbocycles. The van der Waals surface area contributed by atoms with E-state index in [0.717, 1.165) is 11.4 Å². The highest BCUT2D eigenvalue weighted by atomic mass is 16.3. The van der Waals surface area contributed by atoms with Crippen LogP contribution in [-0.2, 0) is 11.3 Å². The molecule has 1 aromatic rings. The van der Waals surface area contributed by atoms with Crippen LogP contribution in [0.15, 0.2) is 18.2 Å². The Labute approximate surface area is 109 Å². The minimum Gasteiger partial charge on any atom is -0.393 e. The lowest BCUT2D eigenvalue weighted by Gasteiger charge is -2.21. The number of hydrogen-bond acceptors (Lipinski definition) is 3. The van der Waals surface area contributed by atoms with Crippen molar-refractivity contribution in [2.45, 2.75) is 46.3 Å². The first-order valence-electron chi connectivity index (χ1n) is 6.41. The van der Waals surface area contributed by atoms with Gasteiger partial charge in [-0.2, -0.15) is 0 Å². The van der Waals surface area contributed by atoms with Gasteiger partial charge in [-0.05, 0) is 39.3 Å². The van der Waals surface area contributed by atoms with Gasteiger partial charge in [0.2, 0.25) is 5.91 Å². The standard InChI is InChI=1S/C14H22N2O2/c1-4-16(14(18)9-8-12(3)17)10-13-7-5-6-11(2)15-13/h5-7,12,17H,4,8-10H2,1-3H3. The number of aliphatic hydroxyl groups excluding tert-OH is 1. The quantitative estimate of drug-likeness (QED) is 0.839. The van der Waals surface area contributed by atoms with Gasteiger partial charge in [-0.15, -0.1) is 0 Å². The molecule has 0 aliphatic carbocycles. The van der Waals surface area contributed by atoms with E-state index in [1.807, 2.05) is 32.0 Å². The highest BCUT2D eigenvalue weighted by Crippen LogP contribution is 2.07. The third-order valence-corrected chi connectivity index (χ3v) is 2.81. The number of pyridine rings is 1. The summed E-state index contributed by atoms with van der Waals surface area (Å²) in [5.41, 5.74) is 1.86. The fourth-order valence-electron chi connectivity index (χ4n) is 1.75. The Kier molecular flexibility index (Phi) is 5.78. The van der Waals surface area contributed by atoms with E-state index in [0.29, 0.717) is 25.9 Å². The van der Waals surface area contributed by atoms with Gasteiger partial charge >= 0.3 is 0 Å². The number of hydrogen-bond donors (Lipinski definition) is 1. The highest BCUT2D eigenvalue weighted by Gasteiger charge is 2.13. The summed E-state index contributed by atoms with van der Waals surface area (Å²) in [4.78, 5) is 18.1. The van der Waals surface area contributed by atoms with Crippen molar-refractivity contribution in [2.75, 3.05) is 6.54 Å². The molecule has 1 rings (SSSR count). The molecule has 0 spiro atoms. The fourth-order valence-corrected chi connectivity index (χ4v) is 1.75. The Balaban J connectivity index is 2.58. The first kappa shape index (κ1) is 14.6. The molecule has 0 radical (unpaired) electrons. The average molecular weight is 250 g/mol. The van der Waals surface area contributed by atoms with Gasteiger partial charge in [0.05, 0.1) is 18.3 Å². The lowest BCUT2D eigenvalue weighted by atomic mass is 10.2. The smallest absolute Gasteiger partial charge is 0.223 e. The van der Waals surface area contributed by atoms with Crippen LogP contribution in [0.5, 0.6) is 0 Å². The summed E-state index contributed by atoms with van der Waals surface area (Å²) in [5.74, 6) is 0.0710. The van der Waals surface area contributed by atoms with Crippen LogP contribution >= 0.6 is 0 Å². The van der Waals surface area contributed by atoms with Gasteiger partial charge in [-0.1, -0.05) is 6.07 Å². The van der Waals surface area contributed by atoms with Crippen molar-refractivity contribution < 1.29 is 9.90 Å². The zero-order valence-electron chi connectivity index (χ0n) is 11.4. The van der Waals surface area contributed by atoms with Gasteiger partial charge in [0.1, 0.15) is 0 Å². The molecule has 0 aliphatic rings. The molecule has 0 saturated heterocycles. The monoisotopic (exact) mass is 250 g/mol. The Bertz CT molecular complexity index is 391. The van der Waals surface area contributed by atoms with Crippen LogP contribution < -0.4 is 0 Å². The van der Waals surface area contributed by atoms with Crippen molar-refractivity contribution in [3.05, 3.63) is 29.6 Å². The second-order valence-corrected chi connectivity index (χ2v) is 4.57. The summed E-state index contributed by atoms with van der Waals surface area (Å²) in [6.45, 7) is 6.79. The van der Waals surface area contributed by atoms with E-state index in [9.17, 15) is 9.90 Å². The van der Waals surface area contributed by atoms with Gasteiger partial charge in [-0.25, -0.2) is 0 Å². The lowest BCUT2D eigenvalue weighted by Crippen LogP contribution is -2.31. The maximum Gasteiger partial charge on any atom is 0.223 e. The SMILES string of the molecule is CCN(Cc1cccc(C)n1)C(=O)CCC(C)O. The van der Waals surface area contributed by atoms with Crippen LogP contribution in [-0.4, -0.2) is 33.5 Å². The molecule has 1 unspecified atom stereocenters. The van der Waals surface area contributed by atoms with E-state index in [2.05, 4.69) is 4.98 Å². The van der Waals surface area contributed by atoms with Crippen LogP contribution in [0.1, 0.15) is 38.1 Å². The Hall–Kier alpha value is -1.42. The summed E-state index contributed by atoms with van der Waals surface area (Å²) in [7, 11) is 0. The fraction of sp³-hybridized carbons (Fsp3) is 0.571. The number of rotatable bonds is 6. The molecule has 1 amide bonds. The van der Waals surface area contributed by atoms with Crippen molar-refractivity contribution in [3.8, 4) is 0 Å². The molecule has 0 aromatic carbocycles. The first-order chi connectivity index (χ1) is 8.52. The summed E-state index contributed by atoms with van der Waals surface area (Å²) in [5, 5.41) is 9.20. The van der Waals surface area contributed by atoms with Crippen LogP contribution in [0, 0.1) is 6.92 Å². The van der Waals surface area contributed by atoms with E-state index in [-0.39, 0.29) is 5.91 Å². The molecule has 4 heteroatoms. The number of carbonyl (C=O) groups excluding carboxylic acids is 1. The highest BCUT2D eigenvalue weighted by molar-refractivity contribution is 5.76. The van der Waals surface area contributed by atoms with E-state index in [4.69, 9.17) is 0 Å². The Morgan fingerprint density at radius 2 is 2.22 bits per heavy atom. The predicted molar refractivity (Wildman–Crippen MR) is 71.0 cm³/mol. The zero-order chi connectivity index (χ0) is 13.5. The van der Waals surface area contributed by atoms with Crippen LogP contribution in [0.4, 0.5) is 0 Å². The number of aryl methyl sites for hydroxylation is 1. The number of nitrogens with zero attached hydrogens (tertiary/aromatic N) is 2. The molecule has 100 valence electrons. The van der Waals surface area contributed by atoms with Crippen molar-refractivity contribution >= 4 is 5.91 Å². The molecule has 18 heavy (non-hydrogen) atoms. The van der Waals surface area contributed by atoms with E-state index >= 15 is 0 Å². The second-order valence-electron chi connectivity index (χ2n) is 4.57. The van der Waals surface area contributed by atoms with Crippen LogP contribution in [0.2, 0.25) is 0 Å². The number of amides is 1. The van der Waals surface area contributed by atoms with Crippen molar-refractivity contribution in [2.24, 2.45) is 0 Å². The van der Waals surface area contributed by atoms with Gasteiger partial charge in [0, 0.05) is 18.7 Å². The summed E-state index contributed by atoms with van der Waals surface area (Å²) >= 11 is 0. The first-order valence-corrected chi connectivity index (χ1v) is 6.41. The number of aromatic nitrogens is 1. The largest absolute Gasteiger partial charge is 0.393 e. The molecule has 4 nitrogen and oxygen atoms in total. The maximum absolute atomic E-state index is 12.0. The molecule has 1 atom stereocenters. The number of aliphatic hydroxyl groups is 1. The van der Waals surface area contributed by atoms with Crippen LogP contribution in [0.3, 0.4) is 0 Å². The summed E-state index contributed by atoms with van der Waals surface area (Å²) in [6.07, 6.45) is 0.471. The third kappa shape index (κ3) is 4.84. The Morgan fingerprint density at radius 3 is 2.78 bits per heavy atom. The normalized spacial score (nSPS) is 12.2. The van der Waals surface area contributed by atoms with Gasteiger partial charge < -0.3 is 10.0 Å². The average Bonchev–Trinajstić information content (AvgIpc) is 2.33. The van der Waals surface area contributed by atoms with Crippen molar-refractivity contribution in [3.63, 3.8) is 0 Å². The lowest BCUT2D eigenvalue weighted by molar-refractivity contribution is -0.132. The third-order valence-electron chi connectivity index (χ3n) is 2.81. The van der Waals surface area contributed by atoms with Crippen LogP contribution in [0.25, 0.3) is 0 Å². The Morgan fingerprint density at radius 1 is 1.50 bits per heavy atom.